The van der Waals surface area contributed by atoms with Crippen molar-refractivity contribution in [2.45, 2.75) is 25.8 Å². The van der Waals surface area contributed by atoms with Crippen LogP contribution in [0.15, 0.2) is 18.2 Å². The molecule has 1 saturated carbocycles. The number of carbonyl (C=O) groups is 1. The number of phenols is 2. The number of hydrogen-bond donors (Lipinski definition) is 2. The van der Waals surface area contributed by atoms with Crippen molar-refractivity contribution in [2.24, 2.45) is 0 Å². The molecule has 1 aliphatic rings. The minimum atomic E-state index is -0.210. The van der Waals surface area contributed by atoms with Gasteiger partial charge in [-0.2, -0.15) is 0 Å². The molecule has 1 aromatic carbocycles. The van der Waals surface area contributed by atoms with E-state index in [1.165, 1.54) is 18.2 Å². The van der Waals surface area contributed by atoms with Gasteiger partial charge in [-0.1, -0.05) is 0 Å². The molecule has 1 fully saturated rings. The van der Waals surface area contributed by atoms with Crippen LogP contribution in [-0.4, -0.2) is 33.6 Å². The molecule has 1 amide bonds. The molecule has 0 radical (unpaired) electrons. The van der Waals surface area contributed by atoms with Gasteiger partial charge in [0.1, 0.15) is 11.5 Å². The molecule has 16 heavy (non-hydrogen) atoms. The number of benzene rings is 1. The van der Waals surface area contributed by atoms with Gasteiger partial charge in [-0.15, -0.1) is 0 Å². The van der Waals surface area contributed by atoms with Crippen LogP contribution in [0, 0.1) is 0 Å². The van der Waals surface area contributed by atoms with Crippen molar-refractivity contribution >= 4 is 5.91 Å². The summed E-state index contributed by atoms with van der Waals surface area (Å²) in [5.41, 5.74) is 0.175. The number of carbonyl (C=O) groups excluding carboxylic acids is 1. The third-order valence-electron chi connectivity index (χ3n) is 2.80. The van der Waals surface area contributed by atoms with Crippen LogP contribution in [-0.2, 0) is 0 Å². The summed E-state index contributed by atoms with van der Waals surface area (Å²) in [6.45, 7) is 2.54. The van der Waals surface area contributed by atoms with E-state index in [2.05, 4.69) is 0 Å². The van der Waals surface area contributed by atoms with Crippen molar-refractivity contribution in [2.75, 3.05) is 6.54 Å². The summed E-state index contributed by atoms with van der Waals surface area (Å²) in [6, 6.07) is 4.31. The molecule has 4 nitrogen and oxygen atoms in total. The average molecular weight is 221 g/mol. The highest BCUT2D eigenvalue weighted by atomic mass is 16.3. The standard InChI is InChI=1S/C12H15NO3/c1-2-13(8-3-4-8)12(16)10-7-9(14)5-6-11(10)15/h5-8,14-15H,2-4H2,1H3. The lowest BCUT2D eigenvalue weighted by atomic mass is 10.1. The number of rotatable bonds is 3. The van der Waals surface area contributed by atoms with E-state index in [4.69, 9.17) is 0 Å². The lowest BCUT2D eigenvalue weighted by Gasteiger charge is -2.20. The van der Waals surface area contributed by atoms with Gasteiger partial charge in [0.15, 0.2) is 0 Å². The SMILES string of the molecule is CCN(C(=O)c1cc(O)ccc1O)C1CC1. The van der Waals surface area contributed by atoms with Crippen LogP contribution < -0.4 is 0 Å². The lowest BCUT2D eigenvalue weighted by molar-refractivity contribution is 0.0749. The Bertz CT molecular complexity index is 413. The smallest absolute Gasteiger partial charge is 0.257 e. The van der Waals surface area contributed by atoms with E-state index in [1.54, 1.807) is 4.90 Å². The van der Waals surface area contributed by atoms with Crippen LogP contribution in [0.2, 0.25) is 0 Å². The van der Waals surface area contributed by atoms with Crippen molar-refractivity contribution < 1.29 is 15.0 Å². The highest BCUT2D eigenvalue weighted by Crippen LogP contribution is 2.30. The lowest BCUT2D eigenvalue weighted by Crippen LogP contribution is -2.32. The van der Waals surface area contributed by atoms with Gasteiger partial charge in [0.25, 0.3) is 5.91 Å². The summed E-state index contributed by atoms with van der Waals surface area (Å²) in [5, 5.41) is 18.9. The Morgan fingerprint density at radius 2 is 2.12 bits per heavy atom. The molecule has 0 saturated heterocycles. The topological polar surface area (TPSA) is 60.8 Å². The Labute approximate surface area is 94.1 Å². The summed E-state index contributed by atoms with van der Waals surface area (Å²) in [5.74, 6) is -0.298. The van der Waals surface area contributed by atoms with E-state index >= 15 is 0 Å². The third-order valence-corrected chi connectivity index (χ3v) is 2.80. The van der Waals surface area contributed by atoms with Crippen molar-refractivity contribution in [3.63, 3.8) is 0 Å². The minimum absolute atomic E-state index is 0.00648. The van der Waals surface area contributed by atoms with E-state index in [9.17, 15) is 15.0 Å². The number of nitrogens with zero attached hydrogens (tertiary/aromatic N) is 1. The van der Waals surface area contributed by atoms with Crippen LogP contribution in [0.1, 0.15) is 30.1 Å². The number of aromatic hydroxyl groups is 2. The predicted octanol–water partition coefficient (Wildman–Crippen LogP) is 1.72. The molecule has 0 spiro atoms. The van der Waals surface area contributed by atoms with E-state index in [0.29, 0.717) is 12.6 Å². The van der Waals surface area contributed by atoms with Gasteiger partial charge < -0.3 is 15.1 Å². The molecule has 0 unspecified atom stereocenters. The fourth-order valence-corrected chi connectivity index (χ4v) is 1.80. The molecule has 86 valence electrons. The maximum Gasteiger partial charge on any atom is 0.257 e. The quantitative estimate of drug-likeness (QED) is 0.764. The summed E-state index contributed by atoms with van der Waals surface area (Å²) in [4.78, 5) is 13.8. The van der Waals surface area contributed by atoms with E-state index in [-0.39, 0.29) is 23.0 Å². The van der Waals surface area contributed by atoms with Crippen molar-refractivity contribution in [3.05, 3.63) is 23.8 Å². The normalized spacial score (nSPS) is 14.8. The Balaban J connectivity index is 2.28. The monoisotopic (exact) mass is 221 g/mol. The first-order valence-electron chi connectivity index (χ1n) is 5.46. The molecule has 4 heteroatoms. The Morgan fingerprint density at radius 1 is 1.44 bits per heavy atom. The first-order chi connectivity index (χ1) is 7.63. The van der Waals surface area contributed by atoms with Gasteiger partial charge in [-0.3, -0.25) is 4.79 Å². The summed E-state index contributed by atoms with van der Waals surface area (Å²) in [6.07, 6.45) is 2.05. The molecule has 0 bridgehead atoms. The summed E-state index contributed by atoms with van der Waals surface area (Å²) >= 11 is 0. The first kappa shape index (κ1) is 10.8. The highest BCUT2D eigenvalue weighted by molar-refractivity contribution is 5.97. The minimum Gasteiger partial charge on any atom is -0.508 e. The van der Waals surface area contributed by atoms with E-state index in [1.807, 2.05) is 6.92 Å². The van der Waals surface area contributed by atoms with Gasteiger partial charge in [0.2, 0.25) is 0 Å². The number of phenolic OH excluding ortho intramolecular Hbond substituents is 2. The van der Waals surface area contributed by atoms with Crippen LogP contribution in [0.5, 0.6) is 11.5 Å². The molecule has 0 aromatic heterocycles. The van der Waals surface area contributed by atoms with Crippen molar-refractivity contribution in [1.29, 1.82) is 0 Å². The van der Waals surface area contributed by atoms with Gasteiger partial charge in [-0.05, 0) is 38.0 Å². The maximum absolute atomic E-state index is 12.1. The third kappa shape index (κ3) is 1.96. The molecule has 0 heterocycles. The highest BCUT2D eigenvalue weighted by Gasteiger charge is 2.32. The maximum atomic E-state index is 12.1. The number of amides is 1. The second-order valence-corrected chi connectivity index (χ2v) is 4.02. The van der Waals surface area contributed by atoms with Gasteiger partial charge in [-0.25, -0.2) is 0 Å². The predicted molar refractivity (Wildman–Crippen MR) is 59.5 cm³/mol. The van der Waals surface area contributed by atoms with Crippen molar-refractivity contribution in [3.8, 4) is 11.5 Å². The molecule has 1 aliphatic carbocycles. The molecular formula is C12H15NO3. The largest absolute Gasteiger partial charge is 0.508 e. The van der Waals surface area contributed by atoms with Gasteiger partial charge in [0, 0.05) is 12.6 Å². The molecule has 1 aromatic rings. The van der Waals surface area contributed by atoms with Gasteiger partial charge >= 0.3 is 0 Å². The molecule has 2 N–H and O–H groups in total. The Kier molecular flexibility index (Phi) is 2.73. The summed E-state index contributed by atoms with van der Waals surface area (Å²) < 4.78 is 0. The van der Waals surface area contributed by atoms with Crippen molar-refractivity contribution in [1.82, 2.24) is 4.90 Å². The average Bonchev–Trinajstić information content (AvgIpc) is 3.07. The summed E-state index contributed by atoms with van der Waals surface area (Å²) in [7, 11) is 0. The zero-order valence-electron chi connectivity index (χ0n) is 9.18. The number of hydrogen-bond acceptors (Lipinski definition) is 3. The fourth-order valence-electron chi connectivity index (χ4n) is 1.80. The fraction of sp³-hybridized carbons (Fsp3) is 0.417. The van der Waals surface area contributed by atoms with Gasteiger partial charge in [0.05, 0.1) is 5.56 Å². The molecule has 0 aliphatic heterocycles. The van der Waals surface area contributed by atoms with Crippen LogP contribution in [0.3, 0.4) is 0 Å². The second kappa shape index (κ2) is 4.04. The van der Waals surface area contributed by atoms with E-state index in [0.717, 1.165) is 12.8 Å². The molecular weight excluding hydrogens is 206 g/mol. The zero-order chi connectivity index (χ0) is 11.7. The molecule has 2 rings (SSSR count). The van der Waals surface area contributed by atoms with Crippen LogP contribution >= 0.6 is 0 Å². The van der Waals surface area contributed by atoms with Crippen LogP contribution in [0.25, 0.3) is 0 Å². The van der Waals surface area contributed by atoms with E-state index < -0.39 is 0 Å². The molecule has 0 atom stereocenters. The van der Waals surface area contributed by atoms with Crippen LogP contribution in [0.4, 0.5) is 0 Å². The Morgan fingerprint density at radius 3 is 2.69 bits per heavy atom. The zero-order valence-corrected chi connectivity index (χ0v) is 9.18. The Hall–Kier alpha value is -1.71. The second-order valence-electron chi connectivity index (χ2n) is 4.02. The first-order valence-corrected chi connectivity index (χ1v) is 5.46.